The van der Waals surface area contributed by atoms with Gasteiger partial charge >= 0.3 is 11.8 Å². The predicted octanol–water partition coefficient (Wildman–Crippen LogP) is 4.66. The molecule has 2 fully saturated rings. The van der Waals surface area contributed by atoms with Gasteiger partial charge in [0, 0.05) is 12.7 Å². The predicted molar refractivity (Wildman–Crippen MR) is 125 cm³/mol. The first-order valence-electron chi connectivity index (χ1n) is 11.2. The Bertz CT molecular complexity index is 1400. The van der Waals surface area contributed by atoms with Gasteiger partial charge in [-0.3, -0.25) is 0 Å². The largest absolute Gasteiger partial charge is 0.509 e. The minimum atomic E-state index is -1.03. The Morgan fingerprint density at radius 2 is 1.72 bits per heavy atom. The van der Waals surface area contributed by atoms with Crippen molar-refractivity contribution in [2.24, 2.45) is 10.2 Å². The van der Waals surface area contributed by atoms with E-state index in [0.29, 0.717) is 17.0 Å². The van der Waals surface area contributed by atoms with Crippen molar-refractivity contribution < 1.29 is 38.0 Å². The first-order chi connectivity index (χ1) is 17.2. The zero-order valence-electron chi connectivity index (χ0n) is 20.0. The second kappa shape index (κ2) is 8.92. The minimum Gasteiger partial charge on any atom is -0.505 e. The van der Waals surface area contributed by atoms with Crippen LogP contribution in [0.5, 0.6) is 11.5 Å². The highest BCUT2D eigenvalue weighted by Gasteiger charge is 2.59. The van der Waals surface area contributed by atoms with E-state index in [-0.39, 0.29) is 22.4 Å². The molecule has 11 nitrogen and oxygen atoms in total. The van der Waals surface area contributed by atoms with Crippen LogP contribution in [0.2, 0.25) is 0 Å². The molecule has 0 aliphatic carbocycles. The smallest absolute Gasteiger partial charge is 0.505 e. The van der Waals surface area contributed by atoms with Gasteiger partial charge in [0.2, 0.25) is 18.1 Å². The average Bonchev–Trinajstić information content (AvgIpc) is 3.22. The third-order valence-electron chi connectivity index (χ3n) is 6.20. The van der Waals surface area contributed by atoms with Gasteiger partial charge in [0.15, 0.2) is 11.9 Å². The molecule has 36 heavy (non-hydrogen) atoms. The summed E-state index contributed by atoms with van der Waals surface area (Å²) in [6.07, 6.45) is -4.07. The molecule has 5 rings (SSSR count). The summed E-state index contributed by atoms with van der Waals surface area (Å²) in [6, 6.07) is 11.9. The summed E-state index contributed by atoms with van der Waals surface area (Å²) in [4.78, 5) is 24.5. The van der Waals surface area contributed by atoms with Crippen molar-refractivity contribution >= 4 is 28.5 Å². The fourth-order valence-electron chi connectivity index (χ4n) is 4.47. The highest BCUT2D eigenvalue weighted by Crippen LogP contribution is 2.41. The molecule has 188 valence electrons. The van der Waals surface area contributed by atoms with Crippen molar-refractivity contribution in [1.82, 2.24) is 0 Å². The van der Waals surface area contributed by atoms with E-state index in [1.54, 1.807) is 51.1 Å². The first-order valence-corrected chi connectivity index (χ1v) is 11.2. The van der Waals surface area contributed by atoms with E-state index in [2.05, 4.69) is 10.2 Å². The summed E-state index contributed by atoms with van der Waals surface area (Å²) in [5.74, 6) is -0.0752. The summed E-state index contributed by atoms with van der Waals surface area (Å²) < 4.78 is 33.7. The Morgan fingerprint density at radius 1 is 1.00 bits per heavy atom. The minimum absolute atomic E-state index is 0.106. The van der Waals surface area contributed by atoms with Gasteiger partial charge in [0.25, 0.3) is 0 Å². The van der Waals surface area contributed by atoms with E-state index in [1.165, 1.54) is 13.2 Å². The van der Waals surface area contributed by atoms with Crippen molar-refractivity contribution in [1.29, 1.82) is 0 Å². The molecule has 2 aromatic carbocycles. The van der Waals surface area contributed by atoms with Crippen LogP contribution in [0.3, 0.4) is 0 Å². The van der Waals surface area contributed by atoms with E-state index < -0.39 is 42.0 Å². The summed E-state index contributed by atoms with van der Waals surface area (Å²) in [6.45, 7) is 5.23. The van der Waals surface area contributed by atoms with E-state index in [4.69, 9.17) is 28.1 Å². The van der Waals surface area contributed by atoms with Gasteiger partial charge in [-0.2, -0.15) is 5.11 Å². The number of carbonyl (C=O) groups excluding carboxylic acids is 1. The lowest BCUT2D eigenvalue weighted by Crippen LogP contribution is -2.62. The molecular formula is C25H24N2O9. The molecule has 1 aromatic heterocycles. The van der Waals surface area contributed by atoms with Crippen LogP contribution in [0, 0.1) is 6.92 Å². The normalized spacial score (nSPS) is 24.9. The molecule has 1 N–H and O–H groups in total. The van der Waals surface area contributed by atoms with Gasteiger partial charge < -0.3 is 33.2 Å². The number of nitrogens with zero attached hydrogens (tertiary/aromatic N) is 2. The number of fused-ring (bicyclic) bond motifs is 2. The third-order valence-corrected chi connectivity index (χ3v) is 6.20. The Hall–Kier alpha value is -3.96. The van der Waals surface area contributed by atoms with Gasteiger partial charge in [-0.15, -0.1) is 5.11 Å². The standard InChI is InChI=1S/C25H24N2O9/c1-12-15(32-23-20-19(34-24(30)35-20)21(31-4)25(2,3)36-23)11-10-14-17(28)16(22(29)33-18(12)14)27-26-13-8-6-5-7-9-13/h5-11,19-21,23,28H,1-4H3/t19-,20+,21?,23?/m1/s1. The molecule has 0 spiro atoms. The maximum atomic E-state index is 12.6. The summed E-state index contributed by atoms with van der Waals surface area (Å²) in [5.41, 5.74) is -1.02. The van der Waals surface area contributed by atoms with Crippen molar-refractivity contribution in [3.63, 3.8) is 0 Å². The molecule has 2 saturated heterocycles. The molecular weight excluding hydrogens is 472 g/mol. The Kier molecular flexibility index (Phi) is 5.89. The number of aromatic hydroxyl groups is 1. The Balaban J connectivity index is 1.48. The number of rotatable bonds is 5. The number of hydrogen-bond acceptors (Lipinski definition) is 11. The summed E-state index contributed by atoms with van der Waals surface area (Å²) in [7, 11) is 1.50. The molecule has 0 amide bonds. The Morgan fingerprint density at radius 3 is 2.44 bits per heavy atom. The number of hydrogen-bond donors (Lipinski definition) is 1. The molecule has 0 radical (unpaired) electrons. The van der Waals surface area contributed by atoms with Crippen LogP contribution in [-0.2, 0) is 18.9 Å². The zero-order chi connectivity index (χ0) is 25.6. The lowest BCUT2D eigenvalue weighted by Gasteiger charge is -2.45. The second-order valence-corrected chi connectivity index (χ2v) is 8.97. The molecule has 3 aromatic rings. The summed E-state index contributed by atoms with van der Waals surface area (Å²) >= 11 is 0. The summed E-state index contributed by atoms with van der Waals surface area (Å²) in [5, 5.41) is 18.9. The van der Waals surface area contributed by atoms with E-state index in [0.717, 1.165) is 0 Å². The van der Waals surface area contributed by atoms with Crippen LogP contribution in [0.1, 0.15) is 19.4 Å². The van der Waals surface area contributed by atoms with Crippen LogP contribution in [0.4, 0.5) is 16.2 Å². The van der Waals surface area contributed by atoms with Gasteiger partial charge in [-0.05, 0) is 45.0 Å². The van der Waals surface area contributed by atoms with Crippen molar-refractivity contribution in [3.05, 3.63) is 58.4 Å². The van der Waals surface area contributed by atoms with Gasteiger partial charge in [0.05, 0.1) is 16.7 Å². The quantitative estimate of drug-likeness (QED) is 0.304. The highest BCUT2D eigenvalue weighted by atomic mass is 16.8. The molecule has 2 aliphatic heterocycles. The molecule has 4 atom stereocenters. The highest BCUT2D eigenvalue weighted by molar-refractivity contribution is 5.90. The van der Waals surface area contributed by atoms with Gasteiger partial charge in [-0.1, -0.05) is 18.2 Å². The SMILES string of the molecule is COC1[C@@H]2OC(=O)O[C@@H]2C(Oc2ccc3c(O)c(N=Nc4ccccc4)c(=O)oc3c2C)OC1(C)C. The zero-order valence-corrected chi connectivity index (χ0v) is 20.0. The lowest BCUT2D eigenvalue weighted by atomic mass is 9.89. The molecule has 2 aliphatic rings. The number of methoxy groups -OCH3 is 1. The van der Waals surface area contributed by atoms with Crippen molar-refractivity contribution in [2.45, 2.75) is 51.0 Å². The van der Waals surface area contributed by atoms with Gasteiger partial charge in [-0.25, -0.2) is 9.59 Å². The first kappa shape index (κ1) is 23.8. The second-order valence-electron chi connectivity index (χ2n) is 8.97. The van der Waals surface area contributed by atoms with E-state index >= 15 is 0 Å². The van der Waals surface area contributed by atoms with Crippen molar-refractivity contribution in [2.75, 3.05) is 7.11 Å². The van der Waals surface area contributed by atoms with Gasteiger partial charge in [0.1, 0.15) is 17.4 Å². The number of aryl methyl sites for hydroxylation is 1. The van der Waals surface area contributed by atoms with E-state index in [1.807, 2.05) is 6.07 Å². The number of carbonyl (C=O) groups is 1. The Labute approximate surface area is 205 Å². The topological polar surface area (TPSA) is 138 Å². The lowest BCUT2D eigenvalue weighted by molar-refractivity contribution is -0.282. The van der Waals surface area contributed by atoms with Crippen molar-refractivity contribution in [3.8, 4) is 11.5 Å². The maximum Gasteiger partial charge on any atom is 0.509 e. The molecule has 3 heterocycles. The number of ether oxygens (including phenoxy) is 5. The maximum absolute atomic E-state index is 12.6. The van der Waals surface area contributed by atoms with Crippen LogP contribution < -0.4 is 10.4 Å². The van der Waals surface area contributed by atoms with Crippen LogP contribution in [0.25, 0.3) is 11.0 Å². The molecule has 0 bridgehead atoms. The monoisotopic (exact) mass is 496 g/mol. The van der Waals surface area contributed by atoms with Crippen LogP contribution in [-0.4, -0.2) is 48.6 Å². The average molecular weight is 496 g/mol. The molecule has 11 heteroatoms. The van der Waals surface area contributed by atoms with Crippen LogP contribution in [0.15, 0.2) is 61.9 Å². The molecule has 0 saturated carbocycles. The molecule has 2 unspecified atom stereocenters. The van der Waals surface area contributed by atoms with Crippen LogP contribution >= 0.6 is 0 Å². The third kappa shape index (κ3) is 4.06. The number of benzene rings is 2. The van der Waals surface area contributed by atoms with E-state index in [9.17, 15) is 14.7 Å². The fraction of sp³-hybridized carbons (Fsp3) is 0.360. The number of azo groups is 1. The fourth-order valence-corrected chi connectivity index (χ4v) is 4.47.